The minimum atomic E-state index is 0.0225. The van der Waals surface area contributed by atoms with Crippen molar-refractivity contribution in [3.8, 4) is 0 Å². The lowest BCUT2D eigenvalue weighted by atomic mass is 9.77. The Balaban J connectivity index is 1.53. The van der Waals surface area contributed by atoms with Gasteiger partial charge in [-0.1, -0.05) is 86.7 Å². The lowest BCUT2D eigenvalue weighted by molar-refractivity contribution is 0.548. The summed E-state index contributed by atoms with van der Waals surface area (Å²) in [7, 11) is 2.23. The fourth-order valence-electron chi connectivity index (χ4n) is 5.34. The third-order valence-corrected chi connectivity index (χ3v) is 7.49. The zero-order chi connectivity index (χ0) is 20.9. The molecule has 0 amide bonds. The molecule has 0 fully saturated rings. The normalized spacial score (nSPS) is 25.9. The summed E-state index contributed by atoms with van der Waals surface area (Å²) in [5, 5.41) is 0. The first-order valence-electron chi connectivity index (χ1n) is 11.1. The molecule has 2 aromatic carbocycles. The second kappa shape index (κ2) is 6.87. The number of nitrogens with zero attached hydrogens (tertiary/aromatic N) is 1. The molecule has 0 heterocycles. The SMILES string of the molecule is CN(c1ccc2c(c1)C(C)(C)C1=CC(c3ccccc3)CC=C12)C1(C)C=CC=CC1. The van der Waals surface area contributed by atoms with Crippen LogP contribution in [0.25, 0.3) is 5.57 Å². The summed E-state index contributed by atoms with van der Waals surface area (Å²) < 4.78 is 0. The standard InChI is InChI=1S/C29H31N/c1-28(2)26-19-22(21-11-7-5-8-12-21)13-15-24(26)25-16-14-23(20-27(25)28)30(4)29(3)17-9-6-10-18-29/h5-12,14-17,19-20,22H,13,18H2,1-4H3. The Kier molecular flexibility index (Phi) is 4.39. The van der Waals surface area contributed by atoms with Crippen molar-refractivity contribution < 1.29 is 0 Å². The van der Waals surface area contributed by atoms with Gasteiger partial charge in [0.25, 0.3) is 0 Å². The van der Waals surface area contributed by atoms with Gasteiger partial charge in [-0.15, -0.1) is 0 Å². The fraction of sp³-hybridized carbons (Fsp3) is 0.310. The molecule has 2 atom stereocenters. The van der Waals surface area contributed by atoms with Gasteiger partial charge in [-0.2, -0.15) is 0 Å². The van der Waals surface area contributed by atoms with Crippen LogP contribution in [0, 0.1) is 0 Å². The molecule has 0 N–H and O–H groups in total. The second-order valence-electron chi connectivity index (χ2n) is 9.71. The zero-order valence-electron chi connectivity index (χ0n) is 18.5. The molecule has 1 nitrogen and oxygen atoms in total. The summed E-state index contributed by atoms with van der Waals surface area (Å²) in [5.41, 5.74) is 8.56. The van der Waals surface area contributed by atoms with E-state index in [1.54, 1.807) is 0 Å². The number of rotatable bonds is 3. The van der Waals surface area contributed by atoms with Gasteiger partial charge in [0.2, 0.25) is 0 Å². The maximum absolute atomic E-state index is 2.53. The number of benzene rings is 2. The van der Waals surface area contributed by atoms with E-state index in [2.05, 4.69) is 118 Å². The average molecular weight is 394 g/mol. The number of hydrogen-bond acceptors (Lipinski definition) is 1. The van der Waals surface area contributed by atoms with Crippen molar-refractivity contribution in [3.05, 3.63) is 107 Å². The number of allylic oxidation sites excluding steroid dienone is 6. The molecule has 0 aliphatic heterocycles. The third kappa shape index (κ3) is 2.91. The lowest BCUT2D eigenvalue weighted by Crippen LogP contribution is -2.42. The Hall–Kier alpha value is -2.80. The van der Waals surface area contributed by atoms with E-state index in [-0.39, 0.29) is 11.0 Å². The van der Waals surface area contributed by atoms with Gasteiger partial charge in [0.05, 0.1) is 5.54 Å². The van der Waals surface area contributed by atoms with Crippen molar-refractivity contribution in [2.24, 2.45) is 0 Å². The molecular weight excluding hydrogens is 362 g/mol. The highest BCUT2D eigenvalue weighted by Crippen LogP contribution is 2.53. The molecule has 0 bridgehead atoms. The maximum atomic E-state index is 2.53. The third-order valence-electron chi connectivity index (χ3n) is 7.49. The molecule has 0 saturated heterocycles. The van der Waals surface area contributed by atoms with Crippen LogP contribution in [-0.4, -0.2) is 12.6 Å². The smallest absolute Gasteiger partial charge is 0.0590 e. The van der Waals surface area contributed by atoms with E-state index in [0.29, 0.717) is 5.92 Å². The van der Waals surface area contributed by atoms with Crippen molar-refractivity contribution >= 4 is 11.3 Å². The van der Waals surface area contributed by atoms with E-state index < -0.39 is 0 Å². The molecule has 3 aliphatic carbocycles. The van der Waals surface area contributed by atoms with E-state index in [9.17, 15) is 0 Å². The monoisotopic (exact) mass is 393 g/mol. The van der Waals surface area contributed by atoms with Crippen LogP contribution in [0.1, 0.15) is 56.2 Å². The minimum absolute atomic E-state index is 0.0225. The van der Waals surface area contributed by atoms with Gasteiger partial charge in [0, 0.05) is 24.1 Å². The van der Waals surface area contributed by atoms with Gasteiger partial charge in [0.15, 0.2) is 0 Å². The molecule has 1 heteroatoms. The molecule has 3 aliphatic rings. The molecule has 152 valence electrons. The highest BCUT2D eigenvalue weighted by molar-refractivity contribution is 5.91. The Morgan fingerprint density at radius 3 is 2.50 bits per heavy atom. The molecule has 0 saturated carbocycles. The molecule has 2 aromatic rings. The van der Waals surface area contributed by atoms with Crippen LogP contribution in [0.3, 0.4) is 0 Å². The van der Waals surface area contributed by atoms with Crippen molar-refractivity contribution in [2.75, 3.05) is 11.9 Å². The molecule has 0 spiro atoms. The van der Waals surface area contributed by atoms with Crippen molar-refractivity contribution in [2.45, 2.75) is 50.5 Å². The first-order chi connectivity index (χ1) is 14.4. The summed E-state index contributed by atoms with van der Waals surface area (Å²) >= 11 is 0. The quantitative estimate of drug-likeness (QED) is 0.533. The van der Waals surface area contributed by atoms with Gasteiger partial charge >= 0.3 is 0 Å². The van der Waals surface area contributed by atoms with E-state index >= 15 is 0 Å². The second-order valence-corrected chi connectivity index (χ2v) is 9.71. The summed E-state index contributed by atoms with van der Waals surface area (Å²) in [5.74, 6) is 0.471. The number of likely N-dealkylation sites (N-methyl/N-ethyl adjacent to an activating group) is 1. The molecule has 0 aromatic heterocycles. The Labute approximate surface area is 181 Å². The predicted octanol–water partition coefficient (Wildman–Crippen LogP) is 7.19. The summed E-state index contributed by atoms with van der Waals surface area (Å²) in [4.78, 5) is 2.43. The number of anilines is 1. The molecular formula is C29H31N. The van der Waals surface area contributed by atoms with E-state index in [0.717, 1.165) is 12.8 Å². The molecule has 2 unspecified atom stereocenters. The molecule has 0 radical (unpaired) electrons. The van der Waals surface area contributed by atoms with Gasteiger partial charge in [-0.05, 0) is 59.7 Å². The van der Waals surface area contributed by atoms with E-state index in [4.69, 9.17) is 0 Å². The van der Waals surface area contributed by atoms with Gasteiger partial charge in [-0.25, -0.2) is 0 Å². The Morgan fingerprint density at radius 1 is 0.967 bits per heavy atom. The molecule has 5 rings (SSSR count). The summed E-state index contributed by atoms with van der Waals surface area (Å²) in [6.45, 7) is 7.10. The highest BCUT2D eigenvalue weighted by Gasteiger charge is 2.40. The first kappa shape index (κ1) is 19.2. The molecule has 30 heavy (non-hydrogen) atoms. The summed E-state index contributed by atoms with van der Waals surface area (Å²) in [6, 6.07) is 18.0. The van der Waals surface area contributed by atoms with Crippen LogP contribution in [0.15, 0.2) is 90.6 Å². The van der Waals surface area contributed by atoms with Crippen LogP contribution in [-0.2, 0) is 5.41 Å². The van der Waals surface area contributed by atoms with Crippen LogP contribution in [0.4, 0.5) is 5.69 Å². The first-order valence-corrected chi connectivity index (χ1v) is 11.1. The van der Waals surface area contributed by atoms with Gasteiger partial charge < -0.3 is 4.90 Å². The highest BCUT2D eigenvalue weighted by atomic mass is 15.2. The fourth-order valence-corrected chi connectivity index (χ4v) is 5.34. The van der Waals surface area contributed by atoms with Crippen LogP contribution in [0.2, 0.25) is 0 Å². The number of hydrogen-bond donors (Lipinski definition) is 0. The largest absolute Gasteiger partial charge is 0.365 e. The van der Waals surface area contributed by atoms with E-state index in [1.165, 1.54) is 33.5 Å². The summed E-state index contributed by atoms with van der Waals surface area (Å²) in [6.07, 6.45) is 16.0. The van der Waals surface area contributed by atoms with Gasteiger partial charge in [0.1, 0.15) is 0 Å². The average Bonchev–Trinajstić information content (AvgIpc) is 3.00. The van der Waals surface area contributed by atoms with Crippen LogP contribution >= 0.6 is 0 Å². The Morgan fingerprint density at radius 2 is 1.77 bits per heavy atom. The van der Waals surface area contributed by atoms with Crippen LogP contribution < -0.4 is 4.90 Å². The Bertz CT molecular complexity index is 1100. The topological polar surface area (TPSA) is 3.24 Å². The van der Waals surface area contributed by atoms with Crippen molar-refractivity contribution in [1.29, 1.82) is 0 Å². The lowest BCUT2D eigenvalue weighted by Gasteiger charge is -2.39. The van der Waals surface area contributed by atoms with Gasteiger partial charge in [-0.3, -0.25) is 0 Å². The number of fused-ring (bicyclic) bond motifs is 3. The minimum Gasteiger partial charge on any atom is -0.365 e. The van der Waals surface area contributed by atoms with E-state index in [1.807, 2.05) is 0 Å². The maximum Gasteiger partial charge on any atom is 0.0590 e. The van der Waals surface area contributed by atoms with Crippen molar-refractivity contribution in [3.63, 3.8) is 0 Å². The van der Waals surface area contributed by atoms with Crippen LogP contribution in [0.5, 0.6) is 0 Å². The predicted molar refractivity (Wildman–Crippen MR) is 129 cm³/mol. The zero-order valence-corrected chi connectivity index (χ0v) is 18.5. The van der Waals surface area contributed by atoms with Crippen molar-refractivity contribution in [1.82, 2.24) is 0 Å².